The fraction of sp³-hybridized carbons (Fsp3) is 0.364. The van der Waals surface area contributed by atoms with E-state index in [9.17, 15) is 14.9 Å². The van der Waals surface area contributed by atoms with Crippen molar-refractivity contribution in [1.29, 1.82) is 0 Å². The summed E-state index contributed by atoms with van der Waals surface area (Å²) in [5, 5.41) is 13.1. The smallest absolute Gasteiger partial charge is 0.269 e. The molecule has 1 N–H and O–H groups in total. The molecule has 1 amide bonds. The van der Waals surface area contributed by atoms with Gasteiger partial charge in [-0.3, -0.25) is 14.9 Å². The largest absolute Gasteiger partial charge is 0.356 e. The molecule has 0 heterocycles. The van der Waals surface area contributed by atoms with E-state index in [1.165, 1.54) is 12.1 Å². The summed E-state index contributed by atoms with van der Waals surface area (Å²) in [7, 11) is 0. The molecule has 0 fully saturated rings. The van der Waals surface area contributed by atoms with Gasteiger partial charge in [0.25, 0.3) is 5.69 Å². The maximum absolute atomic E-state index is 11.1. The first-order chi connectivity index (χ1) is 8.13. The Balaban J connectivity index is 2.37. The predicted molar refractivity (Wildman–Crippen MR) is 65.1 cm³/mol. The maximum Gasteiger partial charge on any atom is 0.269 e. The summed E-state index contributed by atoms with van der Waals surface area (Å²) >= 11 is 5.41. The van der Waals surface area contributed by atoms with Crippen LogP contribution in [0.25, 0.3) is 0 Å². The van der Waals surface area contributed by atoms with E-state index in [0.29, 0.717) is 25.3 Å². The van der Waals surface area contributed by atoms with Crippen molar-refractivity contribution in [3.05, 3.63) is 39.9 Å². The molecule has 5 nitrogen and oxygen atoms in total. The van der Waals surface area contributed by atoms with Crippen molar-refractivity contribution in [2.45, 2.75) is 12.8 Å². The Morgan fingerprint density at radius 1 is 1.35 bits per heavy atom. The van der Waals surface area contributed by atoms with E-state index < -0.39 is 4.92 Å². The molecule has 6 heteroatoms. The van der Waals surface area contributed by atoms with E-state index in [4.69, 9.17) is 11.6 Å². The van der Waals surface area contributed by atoms with Crippen molar-refractivity contribution in [3.8, 4) is 0 Å². The van der Waals surface area contributed by atoms with Crippen molar-refractivity contribution in [2.75, 3.05) is 12.4 Å². The molecule has 0 aromatic heterocycles. The maximum atomic E-state index is 11.1. The summed E-state index contributed by atoms with van der Waals surface area (Å²) in [4.78, 5) is 21.1. The fourth-order valence-electron chi connectivity index (χ4n) is 1.30. The van der Waals surface area contributed by atoms with Crippen molar-refractivity contribution < 1.29 is 9.72 Å². The molecule has 0 atom stereocenters. The Morgan fingerprint density at radius 3 is 2.53 bits per heavy atom. The number of alkyl halides is 1. The molecule has 1 aromatic rings. The number of benzene rings is 1. The minimum absolute atomic E-state index is 0.0694. The van der Waals surface area contributed by atoms with Crippen LogP contribution in [-0.4, -0.2) is 23.3 Å². The molecule has 0 bridgehead atoms. The highest BCUT2D eigenvalue weighted by Gasteiger charge is 2.04. The molecule has 0 aliphatic carbocycles. The Bertz CT molecular complexity index is 392. The summed E-state index contributed by atoms with van der Waals surface area (Å²) in [6.07, 6.45) is 0.952. The average Bonchev–Trinajstić information content (AvgIpc) is 2.30. The van der Waals surface area contributed by atoms with Crippen molar-refractivity contribution in [1.82, 2.24) is 5.32 Å². The van der Waals surface area contributed by atoms with Crippen LogP contribution in [0.3, 0.4) is 0 Å². The summed E-state index contributed by atoms with van der Waals surface area (Å²) in [6.45, 7) is 0.507. The zero-order chi connectivity index (χ0) is 12.7. The lowest BCUT2D eigenvalue weighted by Gasteiger charge is -2.03. The molecular formula is C11H13ClN2O3. The van der Waals surface area contributed by atoms with E-state index in [0.717, 1.165) is 5.56 Å². The minimum atomic E-state index is -0.438. The number of hydrogen-bond acceptors (Lipinski definition) is 3. The molecular weight excluding hydrogens is 244 g/mol. The first kappa shape index (κ1) is 13.4. The Hall–Kier alpha value is -1.62. The van der Waals surface area contributed by atoms with Gasteiger partial charge in [-0.15, -0.1) is 11.6 Å². The lowest BCUT2D eigenvalue weighted by Crippen LogP contribution is -2.25. The van der Waals surface area contributed by atoms with Crippen LogP contribution in [0.4, 0.5) is 5.69 Å². The molecule has 1 aromatic carbocycles. The molecule has 0 unspecified atom stereocenters. The summed E-state index contributed by atoms with van der Waals surface area (Å²) in [5.41, 5.74) is 1.02. The molecule has 0 spiro atoms. The van der Waals surface area contributed by atoms with Gasteiger partial charge in [-0.05, 0) is 12.0 Å². The molecule has 1 rings (SSSR count). The third-order valence-electron chi connectivity index (χ3n) is 2.20. The summed E-state index contributed by atoms with van der Waals surface area (Å²) < 4.78 is 0. The number of nitro groups is 1. The molecule has 0 aliphatic rings. The van der Waals surface area contributed by atoms with E-state index >= 15 is 0 Å². The topological polar surface area (TPSA) is 72.2 Å². The van der Waals surface area contributed by atoms with E-state index in [1.807, 2.05) is 0 Å². The number of amides is 1. The van der Waals surface area contributed by atoms with Crippen LogP contribution in [0.15, 0.2) is 24.3 Å². The van der Waals surface area contributed by atoms with Gasteiger partial charge < -0.3 is 5.32 Å². The summed E-state index contributed by atoms with van der Waals surface area (Å²) in [6, 6.07) is 6.28. The quantitative estimate of drug-likeness (QED) is 0.480. The average molecular weight is 257 g/mol. The van der Waals surface area contributed by atoms with Gasteiger partial charge >= 0.3 is 0 Å². The van der Waals surface area contributed by atoms with Gasteiger partial charge in [0, 0.05) is 31.0 Å². The van der Waals surface area contributed by atoms with Gasteiger partial charge in [0.2, 0.25) is 5.91 Å². The van der Waals surface area contributed by atoms with Crippen molar-refractivity contribution >= 4 is 23.2 Å². The number of hydrogen-bond donors (Lipinski definition) is 1. The number of nitrogens with zero attached hydrogens (tertiary/aromatic N) is 1. The first-order valence-corrected chi connectivity index (χ1v) is 5.73. The second-order valence-electron chi connectivity index (χ2n) is 3.46. The van der Waals surface area contributed by atoms with E-state index in [1.54, 1.807) is 12.1 Å². The van der Waals surface area contributed by atoms with Crippen LogP contribution in [0.5, 0.6) is 0 Å². The van der Waals surface area contributed by atoms with Crippen LogP contribution >= 0.6 is 11.6 Å². The van der Waals surface area contributed by atoms with Crippen LogP contribution in [-0.2, 0) is 11.2 Å². The Morgan fingerprint density at radius 2 is 2.00 bits per heavy atom. The lowest BCUT2D eigenvalue weighted by molar-refractivity contribution is -0.384. The number of carbonyl (C=O) groups is 1. The SMILES string of the molecule is O=C(CCCl)NCCc1ccc([N+](=O)[O-])cc1. The first-order valence-electron chi connectivity index (χ1n) is 5.19. The van der Waals surface area contributed by atoms with Crippen LogP contribution in [0, 0.1) is 10.1 Å². The van der Waals surface area contributed by atoms with E-state index in [2.05, 4.69) is 5.32 Å². The number of non-ortho nitro benzene ring substituents is 1. The van der Waals surface area contributed by atoms with Gasteiger partial charge in [0.1, 0.15) is 0 Å². The highest BCUT2D eigenvalue weighted by molar-refractivity contribution is 6.18. The van der Waals surface area contributed by atoms with Gasteiger partial charge in [0.05, 0.1) is 4.92 Å². The number of nitrogens with one attached hydrogen (secondary N) is 1. The standard InChI is InChI=1S/C11H13ClN2O3/c12-7-5-11(15)13-8-6-9-1-3-10(4-2-9)14(16)17/h1-4H,5-8H2,(H,13,15). The second-order valence-corrected chi connectivity index (χ2v) is 3.84. The van der Waals surface area contributed by atoms with Crippen LogP contribution < -0.4 is 5.32 Å². The van der Waals surface area contributed by atoms with Crippen molar-refractivity contribution in [3.63, 3.8) is 0 Å². The van der Waals surface area contributed by atoms with Gasteiger partial charge in [0.15, 0.2) is 0 Å². The normalized spacial score (nSPS) is 9.94. The third kappa shape index (κ3) is 4.82. The van der Waals surface area contributed by atoms with Gasteiger partial charge in [-0.1, -0.05) is 12.1 Å². The molecule has 0 radical (unpaired) electrons. The Kier molecular flexibility index (Phi) is 5.42. The number of halogens is 1. The lowest BCUT2D eigenvalue weighted by atomic mass is 10.1. The minimum Gasteiger partial charge on any atom is -0.356 e. The number of nitro benzene ring substituents is 1. The Labute approximate surface area is 104 Å². The molecule has 17 heavy (non-hydrogen) atoms. The fourth-order valence-corrected chi connectivity index (χ4v) is 1.48. The number of carbonyl (C=O) groups excluding carboxylic acids is 1. The molecule has 0 saturated carbocycles. The second kappa shape index (κ2) is 6.85. The van der Waals surface area contributed by atoms with Crippen molar-refractivity contribution in [2.24, 2.45) is 0 Å². The monoisotopic (exact) mass is 256 g/mol. The predicted octanol–water partition coefficient (Wildman–Crippen LogP) is 1.88. The number of rotatable bonds is 6. The van der Waals surface area contributed by atoms with Gasteiger partial charge in [-0.25, -0.2) is 0 Å². The highest BCUT2D eigenvalue weighted by Crippen LogP contribution is 2.11. The zero-order valence-electron chi connectivity index (χ0n) is 9.19. The zero-order valence-corrected chi connectivity index (χ0v) is 9.94. The van der Waals surface area contributed by atoms with E-state index in [-0.39, 0.29) is 11.6 Å². The molecule has 0 aliphatic heterocycles. The molecule has 0 saturated heterocycles. The summed E-state index contributed by atoms with van der Waals surface area (Å²) in [5.74, 6) is 0.227. The third-order valence-corrected chi connectivity index (χ3v) is 2.39. The van der Waals surface area contributed by atoms with Gasteiger partial charge in [-0.2, -0.15) is 0 Å². The highest BCUT2D eigenvalue weighted by atomic mass is 35.5. The van der Waals surface area contributed by atoms with Crippen LogP contribution in [0.2, 0.25) is 0 Å². The van der Waals surface area contributed by atoms with Crippen LogP contribution in [0.1, 0.15) is 12.0 Å². The molecule has 92 valence electrons.